The first-order valence-corrected chi connectivity index (χ1v) is 13.1. The normalized spacial score (nSPS) is 12.2. The minimum atomic E-state index is -3.88. The second-order valence-corrected chi connectivity index (χ2v) is 10.3. The summed E-state index contributed by atoms with van der Waals surface area (Å²) in [6.07, 6.45) is -0.110. The number of fused-ring (bicyclic) bond motifs is 1. The molecule has 0 saturated heterocycles. The summed E-state index contributed by atoms with van der Waals surface area (Å²) in [5, 5.41) is 10.9. The van der Waals surface area contributed by atoms with Gasteiger partial charge in [-0.2, -0.15) is 0 Å². The maximum absolute atomic E-state index is 13.5. The fraction of sp³-hybridized carbons (Fsp3) is 0.179. The third kappa shape index (κ3) is 6.00. The number of nitrogens with zero attached hydrogens (tertiary/aromatic N) is 1. The molecule has 2 N–H and O–H groups in total. The number of benzene rings is 4. The van der Waals surface area contributed by atoms with Crippen LogP contribution in [0.4, 0.5) is 15.8 Å². The van der Waals surface area contributed by atoms with Crippen molar-refractivity contribution >= 4 is 38.1 Å². The van der Waals surface area contributed by atoms with Crippen LogP contribution in [0.25, 0.3) is 10.8 Å². The zero-order valence-electron chi connectivity index (χ0n) is 20.4. The van der Waals surface area contributed by atoms with E-state index < -0.39 is 22.0 Å². The third-order valence-corrected chi connectivity index (χ3v) is 7.47. The zero-order valence-corrected chi connectivity index (χ0v) is 21.2. The minimum absolute atomic E-state index is 0.0921. The van der Waals surface area contributed by atoms with Gasteiger partial charge in [-0.15, -0.1) is 0 Å². The molecule has 4 aromatic rings. The van der Waals surface area contributed by atoms with Crippen molar-refractivity contribution in [2.75, 3.05) is 16.7 Å². The van der Waals surface area contributed by atoms with Gasteiger partial charge in [0.1, 0.15) is 11.6 Å². The van der Waals surface area contributed by atoms with Gasteiger partial charge in [0.25, 0.3) is 10.0 Å². The van der Waals surface area contributed by atoms with Crippen molar-refractivity contribution in [1.82, 2.24) is 0 Å². The molecule has 0 radical (unpaired) electrons. The zero-order chi connectivity index (χ0) is 26.6. The van der Waals surface area contributed by atoms with Gasteiger partial charge in [0.05, 0.1) is 24.1 Å². The van der Waals surface area contributed by atoms with Gasteiger partial charge in [-0.3, -0.25) is 9.52 Å². The van der Waals surface area contributed by atoms with Gasteiger partial charge in [-0.1, -0.05) is 36.4 Å². The molecule has 0 aliphatic heterocycles. The van der Waals surface area contributed by atoms with Gasteiger partial charge >= 0.3 is 5.97 Å². The van der Waals surface area contributed by atoms with E-state index in [9.17, 15) is 22.7 Å². The Morgan fingerprint density at radius 1 is 0.973 bits per heavy atom. The Bertz CT molecular complexity index is 1510. The van der Waals surface area contributed by atoms with E-state index in [0.29, 0.717) is 23.4 Å². The van der Waals surface area contributed by atoms with E-state index in [1.807, 2.05) is 36.1 Å². The molecule has 0 unspecified atom stereocenters. The lowest BCUT2D eigenvalue weighted by atomic mass is 10.0. The molecule has 0 spiro atoms. The summed E-state index contributed by atoms with van der Waals surface area (Å²) in [4.78, 5) is 13.6. The van der Waals surface area contributed by atoms with Gasteiger partial charge < -0.3 is 14.7 Å². The Balaban J connectivity index is 1.75. The van der Waals surface area contributed by atoms with Gasteiger partial charge in [0.15, 0.2) is 0 Å². The van der Waals surface area contributed by atoms with E-state index in [4.69, 9.17) is 4.74 Å². The highest BCUT2D eigenvalue weighted by Gasteiger charge is 2.22. The van der Waals surface area contributed by atoms with Crippen molar-refractivity contribution in [1.29, 1.82) is 0 Å². The lowest BCUT2D eigenvalue weighted by molar-refractivity contribution is -0.137. The number of aliphatic carboxylic acids is 1. The molecule has 0 aliphatic rings. The molecular formula is C28H27FN2O5S. The van der Waals surface area contributed by atoms with Crippen LogP contribution in [0.2, 0.25) is 0 Å². The summed E-state index contributed by atoms with van der Waals surface area (Å²) < 4.78 is 47.5. The number of anilines is 2. The molecule has 1 atom stereocenters. The maximum Gasteiger partial charge on any atom is 0.305 e. The van der Waals surface area contributed by atoms with Crippen LogP contribution in [0.15, 0.2) is 89.8 Å². The SMILES string of the molecule is COc1ccc(S(=O)(=O)Nc2ccc(N(Cc3ccc(F)cc3)[C@@H](C)CC(=O)O)c3ccccc23)cc1. The number of halogens is 1. The molecule has 7 nitrogen and oxygen atoms in total. The van der Waals surface area contributed by atoms with Crippen molar-refractivity contribution in [2.45, 2.75) is 30.8 Å². The summed E-state index contributed by atoms with van der Waals surface area (Å²) >= 11 is 0. The molecule has 0 saturated carbocycles. The van der Waals surface area contributed by atoms with Crippen molar-refractivity contribution in [3.63, 3.8) is 0 Å². The van der Waals surface area contributed by atoms with E-state index in [1.165, 1.54) is 31.4 Å². The molecule has 0 bridgehead atoms. The Morgan fingerprint density at radius 3 is 2.24 bits per heavy atom. The highest BCUT2D eigenvalue weighted by atomic mass is 32.2. The van der Waals surface area contributed by atoms with Crippen LogP contribution in [0, 0.1) is 5.82 Å². The number of sulfonamides is 1. The molecule has 192 valence electrons. The van der Waals surface area contributed by atoms with E-state index in [1.54, 1.807) is 36.4 Å². The van der Waals surface area contributed by atoms with Crippen LogP contribution >= 0.6 is 0 Å². The maximum atomic E-state index is 13.5. The first kappa shape index (κ1) is 26.0. The highest BCUT2D eigenvalue weighted by Crippen LogP contribution is 2.35. The van der Waals surface area contributed by atoms with E-state index in [0.717, 1.165) is 16.6 Å². The number of methoxy groups -OCH3 is 1. The van der Waals surface area contributed by atoms with Crippen molar-refractivity contribution < 1.29 is 27.4 Å². The Labute approximate surface area is 215 Å². The summed E-state index contributed by atoms with van der Waals surface area (Å²) in [5.41, 5.74) is 1.94. The molecule has 0 aromatic heterocycles. The Morgan fingerprint density at radius 2 is 1.62 bits per heavy atom. The number of hydrogen-bond donors (Lipinski definition) is 2. The Kier molecular flexibility index (Phi) is 7.63. The van der Waals surface area contributed by atoms with Crippen molar-refractivity contribution in [3.05, 3.63) is 96.3 Å². The molecular weight excluding hydrogens is 495 g/mol. The standard InChI is InChI=1S/C28H27FN2O5S/c1-19(17-28(32)33)31(18-20-7-9-21(29)10-8-20)27-16-15-26(24-5-3-4-6-25(24)27)30-37(34,35)23-13-11-22(36-2)12-14-23/h3-16,19,30H,17-18H2,1-2H3,(H,32,33)/t19-/m0/s1. The molecule has 4 aromatic carbocycles. The van der Waals surface area contributed by atoms with Crippen LogP contribution in [-0.4, -0.2) is 32.6 Å². The minimum Gasteiger partial charge on any atom is -0.497 e. The summed E-state index contributed by atoms with van der Waals surface area (Å²) in [5.74, 6) is -0.747. The fourth-order valence-electron chi connectivity index (χ4n) is 4.21. The predicted octanol–water partition coefficient (Wildman–Crippen LogP) is 5.66. The lowest BCUT2D eigenvalue weighted by Gasteiger charge is -2.32. The van der Waals surface area contributed by atoms with Gasteiger partial charge in [0.2, 0.25) is 0 Å². The first-order chi connectivity index (χ1) is 17.7. The van der Waals surface area contributed by atoms with Crippen LogP contribution in [0.1, 0.15) is 18.9 Å². The predicted molar refractivity (Wildman–Crippen MR) is 142 cm³/mol. The third-order valence-electron chi connectivity index (χ3n) is 6.09. The number of rotatable bonds is 10. The highest BCUT2D eigenvalue weighted by molar-refractivity contribution is 7.92. The van der Waals surface area contributed by atoms with Crippen LogP contribution in [-0.2, 0) is 21.4 Å². The number of nitrogens with one attached hydrogen (secondary N) is 1. The van der Waals surface area contributed by atoms with Gasteiger partial charge in [0, 0.05) is 29.0 Å². The molecule has 37 heavy (non-hydrogen) atoms. The number of carbonyl (C=O) groups is 1. The fourth-order valence-corrected chi connectivity index (χ4v) is 5.29. The van der Waals surface area contributed by atoms with E-state index >= 15 is 0 Å². The summed E-state index contributed by atoms with van der Waals surface area (Å²) in [7, 11) is -2.37. The average molecular weight is 523 g/mol. The number of hydrogen-bond acceptors (Lipinski definition) is 5. The number of carboxylic acids is 1. The number of ether oxygens (including phenoxy) is 1. The Hall–Kier alpha value is -4.11. The monoisotopic (exact) mass is 522 g/mol. The van der Waals surface area contributed by atoms with Gasteiger partial charge in [-0.25, -0.2) is 12.8 Å². The van der Waals surface area contributed by atoms with Gasteiger partial charge in [-0.05, 0) is 61.0 Å². The first-order valence-electron chi connectivity index (χ1n) is 11.6. The molecule has 0 amide bonds. The topological polar surface area (TPSA) is 95.9 Å². The van der Waals surface area contributed by atoms with Crippen molar-refractivity contribution in [3.8, 4) is 5.75 Å². The second kappa shape index (κ2) is 10.9. The molecule has 0 aliphatic carbocycles. The van der Waals surface area contributed by atoms with E-state index in [2.05, 4.69) is 4.72 Å². The lowest BCUT2D eigenvalue weighted by Crippen LogP contribution is -2.34. The quantitative estimate of drug-likeness (QED) is 0.279. The summed E-state index contributed by atoms with van der Waals surface area (Å²) in [6.45, 7) is 2.16. The smallest absolute Gasteiger partial charge is 0.305 e. The molecule has 9 heteroatoms. The largest absolute Gasteiger partial charge is 0.497 e. The average Bonchev–Trinajstić information content (AvgIpc) is 2.88. The molecule has 0 fully saturated rings. The van der Waals surface area contributed by atoms with E-state index in [-0.39, 0.29) is 17.1 Å². The summed E-state index contributed by atoms with van der Waals surface area (Å²) in [6, 6.07) is 22.5. The van der Waals surface area contributed by atoms with Crippen LogP contribution < -0.4 is 14.4 Å². The molecule has 4 rings (SSSR count). The molecule has 0 heterocycles. The van der Waals surface area contributed by atoms with Crippen LogP contribution in [0.3, 0.4) is 0 Å². The second-order valence-electron chi connectivity index (χ2n) is 8.66. The number of carboxylic acid groups (broad SMARTS) is 1. The van der Waals surface area contributed by atoms with Crippen LogP contribution in [0.5, 0.6) is 5.75 Å². The van der Waals surface area contributed by atoms with Crippen molar-refractivity contribution in [2.24, 2.45) is 0 Å².